The van der Waals surface area contributed by atoms with E-state index in [0.29, 0.717) is 32.4 Å². The molecule has 0 bridgehead atoms. The van der Waals surface area contributed by atoms with Crippen LogP contribution in [0.2, 0.25) is 0 Å². The summed E-state index contributed by atoms with van der Waals surface area (Å²) in [4.78, 5) is 54.7. The van der Waals surface area contributed by atoms with Crippen LogP contribution < -0.4 is 5.32 Å². The third-order valence-electron chi connectivity index (χ3n) is 7.16. The first kappa shape index (κ1) is 27.6. The number of hydrogen-bond acceptors (Lipinski definition) is 7. The average molecular weight is 502 g/mol. The van der Waals surface area contributed by atoms with Crippen molar-refractivity contribution in [2.24, 2.45) is 5.92 Å². The minimum absolute atomic E-state index is 0.0464. The van der Waals surface area contributed by atoms with Crippen molar-refractivity contribution in [2.45, 2.75) is 77.5 Å². The number of piperidine rings is 1. The van der Waals surface area contributed by atoms with E-state index < -0.39 is 30.1 Å². The van der Waals surface area contributed by atoms with Gasteiger partial charge in [-0.3, -0.25) is 19.7 Å². The Hall–Kier alpha value is -2.94. The van der Waals surface area contributed by atoms with E-state index in [9.17, 15) is 19.2 Å². The smallest absolute Gasteiger partial charge is 0.328 e. The van der Waals surface area contributed by atoms with Gasteiger partial charge < -0.3 is 19.3 Å². The molecule has 2 heterocycles. The van der Waals surface area contributed by atoms with Gasteiger partial charge in [0.05, 0.1) is 25.3 Å². The zero-order chi connectivity index (χ0) is 26.2. The van der Waals surface area contributed by atoms with Crippen molar-refractivity contribution in [1.29, 1.82) is 0 Å². The topological polar surface area (TPSA) is 105 Å². The molecule has 0 aliphatic carbocycles. The van der Waals surface area contributed by atoms with Gasteiger partial charge >= 0.3 is 11.9 Å². The molecule has 9 nitrogen and oxygen atoms in total. The molecule has 5 atom stereocenters. The molecule has 2 amide bonds. The maximum Gasteiger partial charge on any atom is 0.328 e. The number of carbonyl (C=O) groups is 4. The van der Waals surface area contributed by atoms with E-state index in [-0.39, 0.29) is 37.0 Å². The van der Waals surface area contributed by atoms with Crippen LogP contribution in [0.4, 0.5) is 0 Å². The highest BCUT2D eigenvalue weighted by Crippen LogP contribution is 2.37. The molecule has 0 radical (unpaired) electrons. The van der Waals surface area contributed by atoms with Crippen molar-refractivity contribution in [2.75, 3.05) is 26.3 Å². The maximum absolute atomic E-state index is 13.8. The van der Waals surface area contributed by atoms with Crippen LogP contribution in [-0.2, 0) is 35.1 Å². The van der Waals surface area contributed by atoms with Gasteiger partial charge in [-0.15, -0.1) is 0 Å². The Bertz CT molecular complexity index is 923. The standard InChI is InChI=1S/C27H39N3O6/c1-5-35-26(33)22(13-12-20-10-8-7-9-11-20)28-18(3)25(32)30-23(27(34)36-6-2)16-21-14-15-29(19(4)31)17-24(21)30/h7-11,18,21-24,28H,5-6,12-17H2,1-4H3/t18-,21-,22+,23+,24-/m1/s1. The Balaban J connectivity index is 1.77. The van der Waals surface area contributed by atoms with Crippen LogP contribution in [0.3, 0.4) is 0 Å². The lowest BCUT2D eigenvalue weighted by Crippen LogP contribution is -2.58. The lowest BCUT2D eigenvalue weighted by atomic mass is 9.91. The summed E-state index contributed by atoms with van der Waals surface area (Å²) in [7, 11) is 0. The van der Waals surface area contributed by atoms with Gasteiger partial charge in [-0.2, -0.15) is 0 Å². The van der Waals surface area contributed by atoms with Crippen LogP contribution in [0.25, 0.3) is 0 Å². The fraction of sp³-hybridized carbons (Fsp3) is 0.630. The van der Waals surface area contributed by atoms with Crippen LogP contribution >= 0.6 is 0 Å². The molecule has 198 valence electrons. The monoisotopic (exact) mass is 501 g/mol. The number of carbonyl (C=O) groups excluding carboxylic acids is 4. The van der Waals surface area contributed by atoms with E-state index in [1.165, 1.54) is 6.92 Å². The Morgan fingerprint density at radius 1 is 1.08 bits per heavy atom. The van der Waals surface area contributed by atoms with Crippen molar-refractivity contribution >= 4 is 23.8 Å². The number of ether oxygens (including phenoxy) is 2. The van der Waals surface area contributed by atoms with Crippen molar-refractivity contribution in [1.82, 2.24) is 15.1 Å². The summed E-state index contributed by atoms with van der Waals surface area (Å²) in [5.41, 5.74) is 1.09. The van der Waals surface area contributed by atoms with Crippen molar-refractivity contribution in [3.8, 4) is 0 Å². The van der Waals surface area contributed by atoms with Crippen LogP contribution in [0.5, 0.6) is 0 Å². The highest BCUT2D eigenvalue weighted by atomic mass is 16.5. The summed E-state index contributed by atoms with van der Waals surface area (Å²) in [5, 5.41) is 3.17. The number of amides is 2. The van der Waals surface area contributed by atoms with Gasteiger partial charge in [0.25, 0.3) is 0 Å². The average Bonchev–Trinajstić information content (AvgIpc) is 3.25. The summed E-state index contributed by atoms with van der Waals surface area (Å²) < 4.78 is 10.6. The first-order valence-electron chi connectivity index (χ1n) is 13.0. The number of nitrogens with zero attached hydrogens (tertiary/aromatic N) is 2. The molecule has 36 heavy (non-hydrogen) atoms. The summed E-state index contributed by atoms with van der Waals surface area (Å²) in [6.45, 7) is 8.19. The fourth-order valence-corrected chi connectivity index (χ4v) is 5.32. The molecule has 0 spiro atoms. The molecule has 1 aromatic carbocycles. The molecule has 2 aliphatic rings. The van der Waals surface area contributed by atoms with E-state index >= 15 is 0 Å². The predicted molar refractivity (Wildman–Crippen MR) is 134 cm³/mol. The van der Waals surface area contributed by atoms with Gasteiger partial charge in [-0.1, -0.05) is 30.3 Å². The van der Waals surface area contributed by atoms with Gasteiger partial charge in [0, 0.05) is 20.0 Å². The molecule has 0 unspecified atom stereocenters. The maximum atomic E-state index is 13.8. The minimum Gasteiger partial charge on any atom is -0.465 e. The molecule has 2 aliphatic heterocycles. The third kappa shape index (κ3) is 6.63. The SMILES string of the molecule is CCOC(=O)[C@H](CCc1ccccc1)N[C@H](C)C(=O)N1[C@@H]2CN(C(C)=O)CC[C@@H]2C[C@H]1C(=O)OCC. The van der Waals surface area contributed by atoms with E-state index in [4.69, 9.17) is 9.47 Å². The van der Waals surface area contributed by atoms with Gasteiger partial charge in [0.1, 0.15) is 12.1 Å². The molecule has 0 saturated carbocycles. The lowest BCUT2D eigenvalue weighted by molar-refractivity contribution is -0.156. The quantitative estimate of drug-likeness (QED) is 0.489. The van der Waals surface area contributed by atoms with Crippen molar-refractivity contribution in [3.05, 3.63) is 35.9 Å². The molecular formula is C27H39N3O6. The first-order valence-corrected chi connectivity index (χ1v) is 13.0. The molecule has 3 rings (SSSR count). The van der Waals surface area contributed by atoms with E-state index in [0.717, 1.165) is 12.0 Å². The van der Waals surface area contributed by atoms with Crippen molar-refractivity contribution in [3.63, 3.8) is 0 Å². The molecule has 0 aromatic heterocycles. The van der Waals surface area contributed by atoms with Gasteiger partial charge in [-0.05, 0) is 57.9 Å². The summed E-state index contributed by atoms with van der Waals surface area (Å²) in [6, 6.07) is 7.44. The minimum atomic E-state index is -0.737. The fourth-order valence-electron chi connectivity index (χ4n) is 5.32. The van der Waals surface area contributed by atoms with Crippen LogP contribution in [0, 0.1) is 5.92 Å². The first-order chi connectivity index (χ1) is 17.3. The van der Waals surface area contributed by atoms with E-state index in [1.807, 2.05) is 30.3 Å². The Morgan fingerprint density at radius 3 is 2.42 bits per heavy atom. The number of hydrogen-bond donors (Lipinski definition) is 1. The van der Waals surface area contributed by atoms with Crippen LogP contribution in [0.1, 0.15) is 52.5 Å². The van der Waals surface area contributed by atoms with E-state index in [1.54, 1.807) is 30.6 Å². The normalized spacial score (nSPS) is 22.9. The number of fused-ring (bicyclic) bond motifs is 1. The zero-order valence-electron chi connectivity index (χ0n) is 21.8. The number of nitrogens with one attached hydrogen (secondary N) is 1. The second kappa shape index (κ2) is 12.9. The molecule has 9 heteroatoms. The molecule has 1 aromatic rings. The Labute approximate surface area is 213 Å². The molecule has 2 saturated heterocycles. The molecule has 2 fully saturated rings. The number of esters is 2. The Kier molecular flexibility index (Phi) is 9.87. The molecular weight excluding hydrogens is 462 g/mol. The highest BCUT2D eigenvalue weighted by Gasteiger charge is 2.50. The summed E-state index contributed by atoms with van der Waals surface area (Å²) in [6.07, 6.45) is 2.36. The van der Waals surface area contributed by atoms with Gasteiger partial charge in [0.15, 0.2) is 0 Å². The summed E-state index contributed by atoms with van der Waals surface area (Å²) in [5.74, 6) is -1.04. The third-order valence-corrected chi connectivity index (χ3v) is 7.16. The molecule has 1 N–H and O–H groups in total. The van der Waals surface area contributed by atoms with Crippen LogP contribution in [-0.4, -0.2) is 84.0 Å². The number of aryl methyl sites for hydroxylation is 1. The number of rotatable bonds is 10. The van der Waals surface area contributed by atoms with Crippen LogP contribution in [0.15, 0.2) is 30.3 Å². The van der Waals surface area contributed by atoms with Gasteiger partial charge in [-0.25, -0.2) is 4.79 Å². The second-order valence-electron chi connectivity index (χ2n) is 9.55. The number of likely N-dealkylation sites (tertiary alicyclic amines) is 2. The highest BCUT2D eigenvalue weighted by molar-refractivity contribution is 5.89. The Morgan fingerprint density at radius 2 is 1.78 bits per heavy atom. The summed E-state index contributed by atoms with van der Waals surface area (Å²) >= 11 is 0. The second-order valence-corrected chi connectivity index (χ2v) is 9.55. The number of benzene rings is 1. The lowest BCUT2D eigenvalue weighted by Gasteiger charge is -2.39. The van der Waals surface area contributed by atoms with Crippen molar-refractivity contribution < 1.29 is 28.7 Å². The zero-order valence-corrected chi connectivity index (χ0v) is 21.8. The predicted octanol–water partition coefficient (Wildman–Crippen LogP) is 1.93. The largest absolute Gasteiger partial charge is 0.465 e. The van der Waals surface area contributed by atoms with Gasteiger partial charge in [0.2, 0.25) is 11.8 Å². The van der Waals surface area contributed by atoms with E-state index in [2.05, 4.69) is 5.32 Å².